The van der Waals surface area contributed by atoms with Crippen molar-refractivity contribution in [1.82, 2.24) is 5.32 Å². The third-order valence-electron chi connectivity index (χ3n) is 3.22. The Morgan fingerprint density at radius 2 is 2.09 bits per heavy atom. The van der Waals surface area contributed by atoms with Gasteiger partial charge in [0.15, 0.2) is 0 Å². The Morgan fingerprint density at radius 1 is 1.32 bits per heavy atom. The Labute approximate surface area is 139 Å². The van der Waals surface area contributed by atoms with Gasteiger partial charge in [0.2, 0.25) is 0 Å². The Balaban J connectivity index is 3.10. The number of halogens is 1. The molecule has 0 saturated heterocycles. The Kier molecular flexibility index (Phi) is 8.83. The van der Waals surface area contributed by atoms with E-state index in [9.17, 15) is 0 Å². The lowest BCUT2D eigenvalue weighted by Gasteiger charge is -2.21. The SMILES string of the molecule is C/C=C\C(=C/CCO)C(NCC=C(C)C)c1cccc(Cl)c1. The fourth-order valence-electron chi connectivity index (χ4n) is 2.20. The molecule has 1 atom stereocenters. The highest BCUT2D eigenvalue weighted by atomic mass is 35.5. The van der Waals surface area contributed by atoms with Gasteiger partial charge in [-0.3, -0.25) is 0 Å². The van der Waals surface area contributed by atoms with Crippen LogP contribution in [-0.2, 0) is 0 Å². The van der Waals surface area contributed by atoms with E-state index in [1.54, 1.807) is 0 Å². The normalized spacial score (nSPS) is 13.4. The second-order valence-electron chi connectivity index (χ2n) is 5.39. The zero-order valence-electron chi connectivity index (χ0n) is 13.6. The fraction of sp³-hybridized carbons (Fsp3) is 0.368. The zero-order valence-corrected chi connectivity index (χ0v) is 14.4. The number of nitrogens with one attached hydrogen (secondary N) is 1. The van der Waals surface area contributed by atoms with Gasteiger partial charge in [-0.1, -0.05) is 53.6 Å². The zero-order chi connectivity index (χ0) is 16.4. The molecule has 0 amide bonds. The molecule has 0 fully saturated rings. The fourth-order valence-corrected chi connectivity index (χ4v) is 2.40. The van der Waals surface area contributed by atoms with Crippen LogP contribution in [0.4, 0.5) is 0 Å². The highest BCUT2D eigenvalue weighted by molar-refractivity contribution is 6.30. The molecular weight excluding hydrogens is 294 g/mol. The van der Waals surface area contributed by atoms with Crippen molar-refractivity contribution in [2.45, 2.75) is 33.2 Å². The largest absolute Gasteiger partial charge is 0.396 e. The van der Waals surface area contributed by atoms with Crippen molar-refractivity contribution in [1.29, 1.82) is 0 Å². The van der Waals surface area contributed by atoms with Crippen molar-refractivity contribution >= 4 is 11.6 Å². The summed E-state index contributed by atoms with van der Waals surface area (Å²) in [6, 6.07) is 7.95. The van der Waals surface area contributed by atoms with Crippen molar-refractivity contribution in [2.75, 3.05) is 13.2 Å². The maximum Gasteiger partial charge on any atom is 0.0576 e. The number of aliphatic hydroxyl groups is 1. The van der Waals surface area contributed by atoms with Gasteiger partial charge in [-0.2, -0.15) is 0 Å². The predicted octanol–water partition coefficient (Wildman–Crippen LogP) is 4.82. The summed E-state index contributed by atoms with van der Waals surface area (Å²) in [7, 11) is 0. The van der Waals surface area contributed by atoms with Crippen LogP contribution in [0.15, 0.2) is 59.7 Å². The monoisotopic (exact) mass is 319 g/mol. The predicted molar refractivity (Wildman–Crippen MR) is 96.2 cm³/mol. The summed E-state index contributed by atoms with van der Waals surface area (Å²) in [6.45, 7) is 7.11. The van der Waals surface area contributed by atoms with Gasteiger partial charge in [-0.25, -0.2) is 0 Å². The van der Waals surface area contributed by atoms with E-state index in [1.807, 2.05) is 31.2 Å². The molecule has 3 heteroatoms. The Bertz CT molecular complexity index is 542. The summed E-state index contributed by atoms with van der Waals surface area (Å²) in [4.78, 5) is 0. The molecule has 0 aromatic heterocycles. The van der Waals surface area contributed by atoms with E-state index in [0.717, 1.165) is 22.7 Å². The molecular formula is C19H26ClNO. The van der Waals surface area contributed by atoms with Crippen LogP contribution < -0.4 is 5.32 Å². The highest BCUT2D eigenvalue weighted by Crippen LogP contribution is 2.25. The van der Waals surface area contributed by atoms with Crippen LogP contribution >= 0.6 is 11.6 Å². The minimum Gasteiger partial charge on any atom is -0.396 e. The van der Waals surface area contributed by atoms with Crippen LogP contribution in [0.25, 0.3) is 0 Å². The van der Waals surface area contributed by atoms with Gasteiger partial charge >= 0.3 is 0 Å². The minimum absolute atomic E-state index is 0.0528. The second kappa shape index (κ2) is 10.4. The molecule has 1 aromatic carbocycles. The molecule has 0 heterocycles. The molecule has 1 unspecified atom stereocenters. The van der Waals surface area contributed by atoms with Crippen molar-refractivity contribution in [2.24, 2.45) is 0 Å². The van der Waals surface area contributed by atoms with Gasteiger partial charge in [0.05, 0.1) is 6.04 Å². The minimum atomic E-state index is 0.0528. The van der Waals surface area contributed by atoms with Crippen molar-refractivity contribution < 1.29 is 5.11 Å². The summed E-state index contributed by atoms with van der Waals surface area (Å²) in [5, 5.41) is 13.4. The van der Waals surface area contributed by atoms with Crippen LogP contribution in [0.1, 0.15) is 38.8 Å². The van der Waals surface area contributed by atoms with Gasteiger partial charge in [0, 0.05) is 18.2 Å². The first kappa shape index (κ1) is 18.7. The van der Waals surface area contributed by atoms with Gasteiger partial charge in [-0.05, 0) is 50.5 Å². The lowest BCUT2D eigenvalue weighted by Crippen LogP contribution is -2.23. The van der Waals surface area contributed by atoms with E-state index in [1.165, 1.54) is 5.57 Å². The number of allylic oxidation sites excluding steroid dienone is 2. The molecule has 0 aliphatic rings. The number of rotatable bonds is 8. The van der Waals surface area contributed by atoms with Gasteiger partial charge < -0.3 is 10.4 Å². The van der Waals surface area contributed by atoms with Crippen LogP contribution in [0.2, 0.25) is 5.02 Å². The maximum absolute atomic E-state index is 9.11. The molecule has 1 rings (SSSR count). The van der Waals surface area contributed by atoms with E-state index in [2.05, 4.69) is 43.5 Å². The maximum atomic E-state index is 9.11. The first-order valence-corrected chi connectivity index (χ1v) is 8.02. The van der Waals surface area contributed by atoms with Crippen molar-refractivity contribution in [3.8, 4) is 0 Å². The van der Waals surface area contributed by atoms with Crippen LogP contribution in [0.3, 0.4) is 0 Å². The number of hydrogen-bond donors (Lipinski definition) is 2. The molecule has 0 aliphatic heterocycles. The molecule has 2 N–H and O–H groups in total. The smallest absolute Gasteiger partial charge is 0.0576 e. The first-order chi connectivity index (χ1) is 10.6. The average molecular weight is 320 g/mol. The summed E-state index contributed by atoms with van der Waals surface area (Å²) in [5.41, 5.74) is 3.54. The second-order valence-corrected chi connectivity index (χ2v) is 5.83. The molecule has 2 nitrogen and oxygen atoms in total. The van der Waals surface area contributed by atoms with Gasteiger partial charge in [0.25, 0.3) is 0 Å². The topological polar surface area (TPSA) is 32.3 Å². The van der Waals surface area contributed by atoms with Crippen molar-refractivity contribution in [3.05, 3.63) is 70.3 Å². The molecule has 0 spiro atoms. The third kappa shape index (κ3) is 6.61. The standard InChI is InChI=1S/C19H26ClNO/c1-4-7-16(9-6-13-22)19(21-12-11-15(2)3)17-8-5-10-18(20)14-17/h4-5,7-11,14,19,21-22H,6,12-13H2,1-3H3/b7-4-,16-9+. The van der Waals surface area contributed by atoms with Crippen LogP contribution in [-0.4, -0.2) is 18.3 Å². The van der Waals surface area contributed by atoms with E-state index < -0.39 is 0 Å². The summed E-state index contributed by atoms with van der Waals surface area (Å²) >= 11 is 6.14. The molecule has 0 radical (unpaired) electrons. The summed E-state index contributed by atoms with van der Waals surface area (Å²) in [6.07, 6.45) is 8.97. The molecule has 0 saturated carbocycles. The number of aliphatic hydroxyl groups excluding tert-OH is 1. The van der Waals surface area contributed by atoms with Gasteiger partial charge in [0.1, 0.15) is 0 Å². The van der Waals surface area contributed by atoms with E-state index in [-0.39, 0.29) is 12.6 Å². The van der Waals surface area contributed by atoms with Crippen LogP contribution in [0.5, 0.6) is 0 Å². The first-order valence-electron chi connectivity index (χ1n) is 7.64. The molecule has 0 bridgehead atoms. The third-order valence-corrected chi connectivity index (χ3v) is 3.45. The van der Waals surface area contributed by atoms with E-state index in [0.29, 0.717) is 6.42 Å². The molecule has 1 aromatic rings. The Morgan fingerprint density at radius 3 is 2.68 bits per heavy atom. The molecule has 22 heavy (non-hydrogen) atoms. The molecule has 120 valence electrons. The highest BCUT2D eigenvalue weighted by Gasteiger charge is 2.14. The lowest BCUT2D eigenvalue weighted by molar-refractivity contribution is 0.302. The van der Waals surface area contributed by atoms with Gasteiger partial charge in [-0.15, -0.1) is 0 Å². The summed E-state index contributed by atoms with van der Waals surface area (Å²) < 4.78 is 0. The quantitative estimate of drug-likeness (QED) is 0.531. The average Bonchev–Trinajstić information content (AvgIpc) is 2.48. The molecule has 0 aliphatic carbocycles. The number of hydrogen-bond acceptors (Lipinski definition) is 2. The van der Waals surface area contributed by atoms with Crippen LogP contribution in [0, 0.1) is 0 Å². The van der Waals surface area contributed by atoms with E-state index >= 15 is 0 Å². The van der Waals surface area contributed by atoms with Crippen molar-refractivity contribution in [3.63, 3.8) is 0 Å². The van der Waals surface area contributed by atoms with E-state index in [4.69, 9.17) is 16.7 Å². The Hall–Kier alpha value is -1.35. The number of benzene rings is 1. The lowest BCUT2D eigenvalue weighted by atomic mass is 9.97. The summed E-state index contributed by atoms with van der Waals surface area (Å²) in [5.74, 6) is 0.